The van der Waals surface area contributed by atoms with E-state index in [9.17, 15) is 0 Å². The van der Waals surface area contributed by atoms with Crippen molar-refractivity contribution in [1.82, 2.24) is 0 Å². The van der Waals surface area contributed by atoms with Crippen LogP contribution in [0.4, 0.5) is 0 Å². The van der Waals surface area contributed by atoms with Gasteiger partial charge < -0.3 is 0 Å². The lowest BCUT2D eigenvalue weighted by molar-refractivity contribution is 0.446. The van der Waals surface area contributed by atoms with E-state index in [1.54, 1.807) is 5.57 Å². The number of allylic oxidation sites excluding steroid dienone is 6. The lowest BCUT2D eigenvalue weighted by Gasteiger charge is -2.40. The average molecular weight is 605 g/mol. The molecule has 1 aliphatic carbocycles. The zero-order valence-corrected chi connectivity index (χ0v) is 31.0. The molecule has 0 heterocycles. The first-order valence-electron chi connectivity index (χ1n) is 17.3. The lowest BCUT2D eigenvalue weighted by Crippen LogP contribution is -2.26. The van der Waals surface area contributed by atoms with E-state index in [-0.39, 0.29) is 5.41 Å². The van der Waals surface area contributed by atoms with Crippen LogP contribution in [0.2, 0.25) is 0 Å². The van der Waals surface area contributed by atoms with Crippen molar-refractivity contribution >= 4 is 22.8 Å². The maximum atomic E-state index is 4.04. The van der Waals surface area contributed by atoms with Gasteiger partial charge in [-0.05, 0) is 78.0 Å². The van der Waals surface area contributed by atoms with Crippen LogP contribution in [0.15, 0.2) is 110 Å². The Bertz CT molecular complexity index is 1370. The van der Waals surface area contributed by atoms with Crippen LogP contribution in [0.5, 0.6) is 0 Å². The summed E-state index contributed by atoms with van der Waals surface area (Å²) in [6.45, 7) is 37.4. The van der Waals surface area contributed by atoms with Crippen LogP contribution < -0.4 is 0 Å². The first-order chi connectivity index (χ1) is 21.6. The molecule has 0 saturated heterocycles. The average Bonchev–Trinajstić information content (AvgIpc) is 3.08. The van der Waals surface area contributed by atoms with E-state index in [0.29, 0.717) is 5.92 Å². The molecule has 244 valence electrons. The van der Waals surface area contributed by atoms with E-state index in [1.165, 1.54) is 46.2 Å². The van der Waals surface area contributed by atoms with Crippen LogP contribution in [0.25, 0.3) is 33.9 Å². The third-order valence-electron chi connectivity index (χ3n) is 7.90. The van der Waals surface area contributed by atoms with E-state index >= 15 is 0 Å². The Labute approximate surface area is 279 Å². The Kier molecular flexibility index (Phi) is 20.2. The molecule has 0 aliphatic heterocycles. The van der Waals surface area contributed by atoms with E-state index < -0.39 is 0 Å². The van der Waals surface area contributed by atoms with Crippen molar-refractivity contribution in [2.75, 3.05) is 0 Å². The molecule has 1 unspecified atom stereocenters. The third kappa shape index (κ3) is 11.3. The summed E-state index contributed by atoms with van der Waals surface area (Å²) in [4.78, 5) is 0. The van der Waals surface area contributed by atoms with Crippen molar-refractivity contribution in [1.29, 1.82) is 0 Å². The molecule has 3 aromatic rings. The maximum Gasteiger partial charge on any atom is 0.0111 e. The summed E-state index contributed by atoms with van der Waals surface area (Å²) >= 11 is 0. The van der Waals surface area contributed by atoms with E-state index in [1.807, 2.05) is 66.7 Å². The van der Waals surface area contributed by atoms with E-state index in [4.69, 9.17) is 0 Å². The summed E-state index contributed by atoms with van der Waals surface area (Å²) < 4.78 is 0. The molecule has 0 amide bonds. The molecule has 0 radical (unpaired) electrons. The number of rotatable bonds is 7. The van der Waals surface area contributed by atoms with Gasteiger partial charge in [0.25, 0.3) is 0 Å². The molecule has 0 spiro atoms. The largest absolute Gasteiger partial charge is 0.0984 e. The minimum absolute atomic E-state index is 0.125. The van der Waals surface area contributed by atoms with Crippen LogP contribution >= 0.6 is 0 Å². The second kappa shape index (κ2) is 22.0. The zero-order chi connectivity index (χ0) is 34.6. The fourth-order valence-corrected chi connectivity index (χ4v) is 5.76. The molecule has 0 N–H and O–H groups in total. The minimum atomic E-state index is 0.125. The van der Waals surface area contributed by atoms with Gasteiger partial charge in [0.2, 0.25) is 0 Å². The highest BCUT2D eigenvalue weighted by molar-refractivity contribution is 5.84. The highest BCUT2D eigenvalue weighted by Gasteiger charge is 2.35. The van der Waals surface area contributed by atoms with E-state index in [0.717, 1.165) is 23.1 Å². The van der Waals surface area contributed by atoms with Crippen LogP contribution in [0.3, 0.4) is 0 Å². The summed E-state index contributed by atoms with van der Waals surface area (Å²) in [6.07, 6.45) is 10.3. The molecule has 45 heavy (non-hydrogen) atoms. The SMILES string of the molecule is C=C(C)c1ccc(C2=CCC(CC)/C(=C\CC)C2(C)C)cc1.C=Cc1ccccc1-c1ccccc1C(=C)C.CC.CC.CC. The molecule has 0 heteroatoms. The molecule has 1 atom stereocenters. The number of hydrogen-bond acceptors (Lipinski definition) is 0. The van der Waals surface area contributed by atoms with Gasteiger partial charge in [-0.2, -0.15) is 0 Å². The van der Waals surface area contributed by atoms with Gasteiger partial charge in [0.1, 0.15) is 0 Å². The molecule has 0 nitrogen and oxygen atoms in total. The van der Waals surface area contributed by atoms with E-state index in [2.05, 4.69) is 127 Å². The molecule has 0 bridgehead atoms. The maximum absolute atomic E-state index is 4.04. The fraction of sp³-hybridized carbons (Fsp3) is 0.378. The topological polar surface area (TPSA) is 0 Å². The Morgan fingerprint density at radius 1 is 0.756 bits per heavy atom. The van der Waals surface area contributed by atoms with Gasteiger partial charge in [-0.25, -0.2) is 0 Å². The normalized spacial score (nSPS) is 15.2. The zero-order valence-electron chi connectivity index (χ0n) is 31.0. The third-order valence-corrected chi connectivity index (χ3v) is 7.90. The monoisotopic (exact) mass is 605 g/mol. The second-order valence-electron chi connectivity index (χ2n) is 11.1. The smallest absolute Gasteiger partial charge is 0.0111 e. The summed E-state index contributed by atoms with van der Waals surface area (Å²) in [5.74, 6) is 0.702. The standard InChI is InChI=1S/C22H30.C17H16.3C2H6/c1-7-9-20-17(8-2)14-15-21(22(20,5)6)19-12-10-18(11-13-19)16(3)4;1-4-14-9-5-6-11-16(14)17-12-8-7-10-15(17)13(2)3;3*1-2/h9-13,15,17H,3,7-8,14H2,1-2,4-6H3;4-12H,1-2H2,3H3;3*1-2H3/b20-9+;;;;. The molecule has 3 aromatic carbocycles. The molecule has 0 aromatic heterocycles. The van der Waals surface area contributed by atoms with Crippen molar-refractivity contribution < 1.29 is 0 Å². The summed E-state index contributed by atoms with van der Waals surface area (Å²) in [5.41, 5.74) is 12.8. The van der Waals surface area contributed by atoms with Crippen molar-refractivity contribution in [3.8, 4) is 11.1 Å². The lowest BCUT2D eigenvalue weighted by atomic mass is 9.64. The van der Waals surface area contributed by atoms with Crippen molar-refractivity contribution in [3.63, 3.8) is 0 Å². The van der Waals surface area contributed by atoms with Crippen molar-refractivity contribution in [2.24, 2.45) is 11.3 Å². The summed E-state index contributed by atoms with van der Waals surface area (Å²) in [7, 11) is 0. The molecule has 4 rings (SSSR count). The van der Waals surface area contributed by atoms with Gasteiger partial charge in [0, 0.05) is 5.41 Å². The second-order valence-corrected chi connectivity index (χ2v) is 11.1. The Hall–Kier alpha value is -3.64. The predicted octanol–water partition coefficient (Wildman–Crippen LogP) is 15.0. The van der Waals surface area contributed by atoms with Crippen LogP contribution in [-0.2, 0) is 0 Å². The Balaban J connectivity index is 0.000000754. The first-order valence-corrected chi connectivity index (χ1v) is 17.3. The van der Waals surface area contributed by atoms with Gasteiger partial charge in [0.05, 0.1) is 0 Å². The van der Waals surface area contributed by atoms with Crippen LogP contribution in [0.1, 0.15) is 125 Å². The first kappa shape index (κ1) is 41.4. The number of hydrogen-bond donors (Lipinski definition) is 0. The molecule has 1 aliphatic rings. The summed E-state index contributed by atoms with van der Waals surface area (Å²) in [5, 5.41) is 0. The molecular formula is C45H64. The minimum Gasteiger partial charge on any atom is -0.0984 e. The predicted molar refractivity (Wildman–Crippen MR) is 210 cm³/mol. The highest BCUT2D eigenvalue weighted by Crippen LogP contribution is 2.49. The Morgan fingerprint density at radius 3 is 1.78 bits per heavy atom. The van der Waals surface area contributed by atoms with Gasteiger partial charge in [-0.1, -0.05) is 197 Å². The van der Waals surface area contributed by atoms with Crippen LogP contribution in [0, 0.1) is 11.3 Å². The highest BCUT2D eigenvalue weighted by atomic mass is 14.4. The Morgan fingerprint density at radius 2 is 1.29 bits per heavy atom. The van der Waals surface area contributed by atoms with Gasteiger partial charge >= 0.3 is 0 Å². The van der Waals surface area contributed by atoms with Crippen molar-refractivity contribution in [2.45, 2.75) is 102 Å². The van der Waals surface area contributed by atoms with Gasteiger partial charge in [-0.3, -0.25) is 0 Å². The molecular weight excluding hydrogens is 540 g/mol. The quantitative estimate of drug-likeness (QED) is 0.235. The van der Waals surface area contributed by atoms with Gasteiger partial charge in [-0.15, -0.1) is 0 Å². The van der Waals surface area contributed by atoms with Crippen molar-refractivity contribution in [3.05, 3.63) is 133 Å². The molecule has 0 fully saturated rings. The van der Waals surface area contributed by atoms with Crippen LogP contribution in [-0.4, -0.2) is 0 Å². The van der Waals surface area contributed by atoms with Gasteiger partial charge in [0.15, 0.2) is 0 Å². The molecule has 0 saturated carbocycles. The number of benzene rings is 3. The fourth-order valence-electron chi connectivity index (χ4n) is 5.76. The summed E-state index contributed by atoms with van der Waals surface area (Å²) in [6, 6.07) is 25.5.